The number of aromatic nitrogens is 1. The highest BCUT2D eigenvalue weighted by Gasteiger charge is 2.20. The van der Waals surface area contributed by atoms with E-state index in [-0.39, 0.29) is 0 Å². The number of rotatable bonds is 3. The molecule has 1 aliphatic rings. The normalized spacial score (nSPS) is 17.1. The van der Waals surface area contributed by atoms with Crippen molar-refractivity contribution in [3.05, 3.63) is 47.7 Å². The number of fused-ring (bicyclic) bond motifs is 1. The van der Waals surface area contributed by atoms with Gasteiger partial charge in [0.25, 0.3) is 0 Å². The van der Waals surface area contributed by atoms with E-state index in [0.717, 1.165) is 30.9 Å². The molecular formula is C16H18N2O2. The van der Waals surface area contributed by atoms with Crippen LogP contribution in [0.15, 0.2) is 36.5 Å². The lowest BCUT2D eigenvalue weighted by Gasteiger charge is -2.25. The second kappa shape index (κ2) is 5.41. The first kappa shape index (κ1) is 12.8. The van der Waals surface area contributed by atoms with Crippen molar-refractivity contribution in [2.24, 2.45) is 5.92 Å². The number of nitrogen functional groups attached to an aromatic ring is 1. The first-order valence-electron chi connectivity index (χ1n) is 6.74. The topological polar surface area (TPSA) is 57.4 Å². The van der Waals surface area contributed by atoms with Crippen molar-refractivity contribution < 1.29 is 9.47 Å². The summed E-state index contributed by atoms with van der Waals surface area (Å²) in [6.45, 7) is 0.727. The van der Waals surface area contributed by atoms with Gasteiger partial charge in [-0.25, -0.2) is 4.98 Å². The molecule has 1 aromatic heterocycles. The molecule has 1 atom stereocenters. The number of methoxy groups -OCH3 is 1. The third kappa shape index (κ3) is 2.69. The van der Waals surface area contributed by atoms with Crippen LogP contribution in [-0.4, -0.2) is 18.7 Å². The summed E-state index contributed by atoms with van der Waals surface area (Å²) in [5, 5.41) is 0. The number of hydrogen-bond acceptors (Lipinski definition) is 4. The van der Waals surface area contributed by atoms with Gasteiger partial charge >= 0.3 is 0 Å². The molecule has 4 nitrogen and oxygen atoms in total. The van der Waals surface area contributed by atoms with Gasteiger partial charge in [0.2, 0.25) is 0 Å². The van der Waals surface area contributed by atoms with Gasteiger partial charge in [-0.2, -0.15) is 0 Å². The van der Waals surface area contributed by atoms with E-state index in [1.807, 2.05) is 30.5 Å². The molecule has 0 spiro atoms. The number of ether oxygens (including phenoxy) is 2. The fourth-order valence-electron chi connectivity index (χ4n) is 2.56. The van der Waals surface area contributed by atoms with Crippen molar-refractivity contribution in [2.75, 3.05) is 19.5 Å². The van der Waals surface area contributed by atoms with Gasteiger partial charge in [0, 0.05) is 18.2 Å². The molecule has 4 heteroatoms. The molecule has 1 aliphatic heterocycles. The van der Waals surface area contributed by atoms with Crippen LogP contribution in [0.5, 0.6) is 11.5 Å². The molecular weight excluding hydrogens is 252 g/mol. The third-order valence-corrected chi connectivity index (χ3v) is 3.63. The van der Waals surface area contributed by atoms with Gasteiger partial charge in [0.1, 0.15) is 17.3 Å². The van der Waals surface area contributed by atoms with Gasteiger partial charge in [-0.3, -0.25) is 0 Å². The maximum absolute atomic E-state index is 5.85. The van der Waals surface area contributed by atoms with Gasteiger partial charge in [0.05, 0.1) is 13.7 Å². The summed E-state index contributed by atoms with van der Waals surface area (Å²) in [6, 6.07) is 9.90. The molecule has 0 saturated heterocycles. The van der Waals surface area contributed by atoms with Crippen molar-refractivity contribution >= 4 is 5.82 Å². The molecule has 0 bridgehead atoms. The monoisotopic (exact) mass is 270 g/mol. The Morgan fingerprint density at radius 1 is 1.35 bits per heavy atom. The van der Waals surface area contributed by atoms with E-state index in [0.29, 0.717) is 11.7 Å². The lowest BCUT2D eigenvalue weighted by atomic mass is 9.91. The highest BCUT2D eigenvalue weighted by molar-refractivity contribution is 5.42. The molecule has 1 unspecified atom stereocenters. The summed E-state index contributed by atoms with van der Waals surface area (Å²) < 4.78 is 11.1. The second-order valence-corrected chi connectivity index (χ2v) is 5.15. The minimum Gasteiger partial charge on any atom is -0.497 e. The summed E-state index contributed by atoms with van der Waals surface area (Å²) in [6.07, 6.45) is 3.82. The predicted molar refractivity (Wildman–Crippen MR) is 78.0 cm³/mol. The number of nitrogens with zero attached hydrogens (tertiary/aromatic N) is 1. The van der Waals surface area contributed by atoms with Crippen LogP contribution in [0.1, 0.15) is 11.1 Å². The molecule has 104 valence electrons. The largest absolute Gasteiger partial charge is 0.497 e. The molecule has 0 aliphatic carbocycles. The predicted octanol–water partition coefficient (Wildman–Crippen LogP) is 2.47. The van der Waals surface area contributed by atoms with E-state index in [2.05, 4.69) is 11.1 Å². The van der Waals surface area contributed by atoms with Crippen molar-refractivity contribution in [2.45, 2.75) is 12.8 Å². The first-order chi connectivity index (χ1) is 9.74. The standard InChI is InChI=1S/C16H18N2O2/c1-19-14-4-3-13-7-12(10-20-15(13)8-14)6-11-2-5-16(17)18-9-11/h2-5,8-9,12H,6-7,10H2,1H3,(H2,17,18). The summed E-state index contributed by atoms with van der Waals surface area (Å²) in [7, 11) is 1.67. The maximum atomic E-state index is 5.85. The molecule has 2 N–H and O–H groups in total. The van der Waals surface area contributed by atoms with Gasteiger partial charge in [-0.15, -0.1) is 0 Å². The Labute approximate surface area is 118 Å². The molecule has 0 fully saturated rings. The van der Waals surface area contributed by atoms with Crippen molar-refractivity contribution in [1.82, 2.24) is 4.98 Å². The number of anilines is 1. The molecule has 1 aromatic carbocycles. The average Bonchev–Trinajstić information content (AvgIpc) is 2.49. The highest BCUT2D eigenvalue weighted by Crippen LogP contribution is 2.32. The zero-order valence-corrected chi connectivity index (χ0v) is 11.5. The van der Waals surface area contributed by atoms with Gasteiger partial charge < -0.3 is 15.2 Å². The molecule has 0 radical (unpaired) electrons. The van der Waals surface area contributed by atoms with Crippen molar-refractivity contribution in [1.29, 1.82) is 0 Å². The summed E-state index contributed by atoms with van der Waals surface area (Å²) in [5.74, 6) is 2.81. The molecule has 2 heterocycles. The lowest BCUT2D eigenvalue weighted by molar-refractivity contribution is 0.220. The quantitative estimate of drug-likeness (QED) is 0.930. The minimum atomic E-state index is 0.473. The molecule has 20 heavy (non-hydrogen) atoms. The smallest absolute Gasteiger partial charge is 0.126 e. The molecule has 3 rings (SSSR count). The molecule has 0 saturated carbocycles. The van der Waals surface area contributed by atoms with Crippen LogP contribution in [0.25, 0.3) is 0 Å². The van der Waals surface area contributed by atoms with Crippen LogP contribution in [-0.2, 0) is 12.8 Å². The van der Waals surface area contributed by atoms with Crippen LogP contribution < -0.4 is 15.2 Å². The third-order valence-electron chi connectivity index (χ3n) is 3.63. The van der Waals surface area contributed by atoms with Crippen molar-refractivity contribution in [3.63, 3.8) is 0 Å². The number of pyridine rings is 1. The van der Waals surface area contributed by atoms with E-state index in [9.17, 15) is 0 Å². The second-order valence-electron chi connectivity index (χ2n) is 5.15. The lowest BCUT2D eigenvalue weighted by Crippen LogP contribution is -2.22. The van der Waals surface area contributed by atoms with Crippen LogP contribution in [0.4, 0.5) is 5.82 Å². The van der Waals surface area contributed by atoms with E-state index in [4.69, 9.17) is 15.2 Å². The Morgan fingerprint density at radius 2 is 2.25 bits per heavy atom. The number of nitrogens with two attached hydrogens (primary N) is 1. The fraction of sp³-hybridized carbons (Fsp3) is 0.312. The Balaban J connectivity index is 1.70. The highest BCUT2D eigenvalue weighted by atomic mass is 16.5. The van der Waals surface area contributed by atoms with Crippen LogP contribution >= 0.6 is 0 Å². The minimum absolute atomic E-state index is 0.473. The molecule has 2 aromatic rings. The van der Waals surface area contributed by atoms with Crippen LogP contribution in [0, 0.1) is 5.92 Å². The summed E-state index contributed by atoms with van der Waals surface area (Å²) in [5.41, 5.74) is 8.04. The average molecular weight is 270 g/mol. The van der Waals surface area contributed by atoms with E-state index < -0.39 is 0 Å². The van der Waals surface area contributed by atoms with Gasteiger partial charge in [-0.1, -0.05) is 12.1 Å². The van der Waals surface area contributed by atoms with E-state index in [1.54, 1.807) is 7.11 Å². The Morgan fingerprint density at radius 3 is 3.00 bits per heavy atom. The maximum Gasteiger partial charge on any atom is 0.126 e. The number of benzene rings is 1. The van der Waals surface area contributed by atoms with Crippen molar-refractivity contribution in [3.8, 4) is 11.5 Å². The summed E-state index contributed by atoms with van der Waals surface area (Å²) in [4.78, 5) is 4.13. The zero-order chi connectivity index (χ0) is 13.9. The Kier molecular flexibility index (Phi) is 3.46. The zero-order valence-electron chi connectivity index (χ0n) is 11.5. The van der Waals surface area contributed by atoms with E-state index >= 15 is 0 Å². The Bertz CT molecular complexity index is 596. The first-order valence-corrected chi connectivity index (χ1v) is 6.74. The Hall–Kier alpha value is -2.23. The van der Waals surface area contributed by atoms with E-state index in [1.165, 1.54) is 11.1 Å². The van der Waals surface area contributed by atoms with Gasteiger partial charge in [0.15, 0.2) is 0 Å². The SMILES string of the molecule is COc1ccc2c(c1)OCC(Cc1ccc(N)nc1)C2. The molecule has 0 amide bonds. The summed E-state index contributed by atoms with van der Waals surface area (Å²) >= 11 is 0. The van der Waals surface area contributed by atoms with Gasteiger partial charge in [-0.05, 0) is 36.1 Å². The fourth-order valence-corrected chi connectivity index (χ4v) is 2.56. The van der Waals surface area contributed by atoms with Crippen LogP contribution in [0.3, 0.4) is 0 Å². The van der Waals surface area contributed by atoms with Crippen LogP contribution in [0.2, 0.25) is 0 Å². The number of hydrogen-bond donors (Lipinski definition) is 1.